The van der Waals surface area contributed by atoms with Gasteiger partial charge in [-0.05, 0) is 24.5 Å². The van der Waals surface area contributed by atoms with Crippen LogP contribution in [0.4, 0.5) is 5.69 Å². The van der Waals surface area contributed by atoms with Gasteiger partial charge in [0.15, 0.2) is 11.5 Å². The Morgan fingerprint density at radius 1 is 1.06 bits per heavy atom. The molecule has 18 heavy (non-hydrogen) atoms. The Bertz CT molecular complexity index is 543. The predicted molar refractivity (Wildman–Crippen MR) is 75.3 cm³/mol. The molecule has 0 fully saturated rings. The van der Waals surface area contributed by atoms with E-state index in [0.29, 0.717) is 12.1 Å². The summed E-state index contributed by atoms with van der Waals surface area (Å²) in [6, 6.07) is 12.9. The summed E-state index contributed by atoms with van der Waals surface area (Å²) in [5, 5.41) is 22.4. The van der Waals surface area contributed by atoms with Crippen LogP contribution < -0.4 is 5.32 Å². The number of thioether (sulfide) groups is 1. The van der Waals surface area contributed by atoms with Crippen LogP contribution in [0.1, 0.15) is 5.56 Å². The molecule has 0 saturated heterocycles. The maximum Gasteiger partial charge on any atom is 0.162 e. The van der Waals surface area contributed by atoms with Gasteiger partial charge < -0.3 is 15.5 Å². The second kappa shape index (κ2) is 5.69. The minimum atomic E-state index is -0.0903. The molecule has 0 aliphatic rings. The summed E-state index contributed by atoms with van der Waals surface area (Å²) in [5.74, 6) is -0.154. The van der Waals surface area contributed by atoms with Gasteiger partial charge in [-0.3, -0.25) is 0 Å². The topological polar surface area (TPSA) is 52.5 Å². The van der Waals surface area contributed by atoms with Gasteiger partial charge in [-0.2, -0.15) is 0 Å². The maximum atomic E-state index is 9.71. The molecule has 0 aromatic heterocycles. The molecule has 0 spiro atoms. The first-order valence-electron chi connectivity index (χ1n) is 5.59. The average molecular weight is 261 g/mol. The lowest BCUT2D eigenvalue weighted by atomic mass is 10.2. The first kappa shape index (κ1) is 12.6. The zero-order valence-electron chi connectivity index (χ0n) is 10.1. The first-order valence-corrected chi connectivity index (χ1v) is 6.81. The van der Waals surface area contributed by atoms with E-state index in [2.05, 4.69) is 5.32 Å². The number of para-hydroxylation sites is 2. The minimum Gasteiger partial charge on any atom is -0.504 e. The van der Waals surface area contributed by atoms with E-state index < -0.39 is 0 Å². The lowest BCUT2D eigenvalue weighted by Gasteiger charge is -2.11. The predicted octanol–water partition coefficient (Wildman–Crippen LogP) is 3.43. The third kappa shape index (κ3) is 2.71. The molecule has 2 aromatic rings. The largest absolute Gasteiger partial charge is 0.504 e. The van der Waals surface area contributed by atoms with Gasteiger partial charge in [0.25, 0.3) is 0 Å². The number of anilines is 1. The Labute approximate surface area is 110 Å². The van der Waals surface area contributed by atoms with Crippen molar-refractivity contribution in [3.63, 3.8) is 0 Å². The maximum absolute atomic E-state index is 9.71. The van der Waals surface area contributed by atoms with Crippen molar-refractivity contribution in [2.24, 2.45) is 0 Å². The van der Waals surface area contributed by atoms with E-state index in [1.807, 2.05) is 30.5 Å². The van der Waals surface area contributed by atoms with Gasteiger partial charge in [0.1, 0.15) is 0 Å². The van der Waals surface area contributed by atoms with Gasteiger partial charge in [-0.15, -0.1) is 11.8 Å². The number of phenolic OH excluding ortho intramolecular Hbond substituents is 2. The van der Waals surface area contributed by atoms with E-state index in [4.69, 9.17) is 0 Å². The molecule has 0 heterocycles. The van der Waals surface area contributed by atoms with Crippen LogP contribution in [0.2, 0.25) is 0 Å². The van der Waals surface area contributed by atoms with Crippen molar-refractivity contribution in [3.05, 3.63) is 48.0 Å². The molecule has 94 valence electrons. The Morgan fingerprint density at radius 3 is 2.61 bits per heavy atom. The number of nitrogens with one attached hydrogen (secondary N) is 1. The van der Waals surface area contributed by atoms with Crippen LogP contribution >= 0.6 is 11.8 Å². The van der Waals surface area contributed by atoms with Crippen LogP contribution in [0.3, 0.4) is 0 Å². The van der Waals surface area contributed by atoms with Gasteiger partial charge in [-0.1, -0.05) is 24.3 Å². The van der Waals surface area contributed by atoms with Gasteiger partial charge in [-0.25, -0.2) is 0 Å². The lowest BCUT2D eigenvalue weighted by molar-refractivity contribution is 0.400. The second-order valence-electron chi connectivity index (χ2n) is 3.84. The zero-order valence-corrected chi connectivity index (χ0v) is 10.9. The number of hydrogen-bond donors (Lipinski definition) is 3. The van der Waals surface area contributed by atoms with Crippen LogP contribution in [0.25, 0.3) is 0 Å². The molecular formula is C14H15NO2S. The van der Waals surface area contributed by atoms with Gasteiger partial charge in [0.2, 0.25) is 0 Å². The summed E-state index contributed by atoms with van der Waals surface area (Å²) in [6.07, 6.45) is 2.02. The molecule has 0 saturated carbocycles. The molecule has 0 unspecified atom stereocenters. The van der Waals surface area contributed by atoms with Gasteiger partial charge in [0, 0.05) is 22.7 Å². The molecule has 0 radical (unpaired) electrons. The normalized spacial score (nSPS) is 10.3. The summed E-state index contributed by atoms with van der Waals surface area (Å²) >= 11 is 1.66. The number of rotatable bonds is 4. The molecule has 0 atom stereocenters. The molecule has 0 aliphatic carbocycles. The highest BCUT2D eigenvalue weighted by Gasteiger charge is 2.06. The fourth-order valence-corrected chi connectivity index (χ4v) is 2.28. The lowest BCUT2D eigenvalue weighted by Crippen LogP contribution is -2.00. The highest BCUT2D eigenvalue weighted by atomic mass is 32.2. The van der Waals surface area contributed by atoms with Crippen LogP contribution in [-0.4, -0.2) is 16.5 Å². The van der Waals surface area contributed by atoms with E-state index in [1.54, 1.807) is 23.9 Å². The summed E-state index contributed by atoms with van der Waals surface area (Å²) in [7, 11) is 0. The minimum absolute atomic E-state index is 0.0633. The van der Waals surface area contributed by atoms with Crippen molar-refractivity contribution in [1.29, 1.82) is 0 Å². The van der Waals surface area contributed by atoms with E-state index >= 15 is 0 Å². The SMILES string of the molecule is CSc1ccccc1NCc1cccc(O)c1O. The van der Waals surface area contributed by atoms with Crippen molar-refractivity contribution in [2.75, 3.05) is 11.6 Å². The molecule has 3 N–H and O–H groups in total. The van der Waals surface area contributed by atoms with Crippen LogP contribution in [-0.2, 0) is 6.54 Å². The smallest absolute Gasteiger partial charge is 0.162 e. The number of phenols is 2. The van der Waals surface area contributed by atoms with Crippen molar-refractivity contribution >= 4 is 17.4 Å². The average Bonchev–Trinajstić information content (AvgIpc) is 2.41. The summed E-state index contributed by atoms with van der Waals surface area (Å²) in [6.45, 7) is 0.470. The highest BCUT2D eigenvalue weighted by molar-refractivity contribution is 7.98. The number of benzene rings is 2. The molecule has 4 heteroatoms. The van der Waals surface area contributed by atoms with Crippen molar-refractivity contribution in [1.82, 2.24) is 0 Å². The molecule has 0 aliphatic heterocycles. The van der Waals surface area contributed by atoms with Crippen molar-refractivity contribution < 1.29 is 10.2 Å². The standard InChI is InChI=1S/C14H15NO2S/c1-18-13-8-3-2-6-11(13)15-9-10-5-4-7-12(16)14(10)17/h2-8,15-17H,9H2,1H3. The molecular weight excluding hydrogens is 246 g/mol. The van der Waals surface area contributed by atoms with Crippen LogP contribution in [0.15, 0.2) is 47.4 Å². The van der Waals surface area contributed by atoms with Crippen molar-refractivity contribution in [3.8, 4) is 11.5 Å². The Morgan fingerprint density at radius 2 is 1.83 bits per heavy atom. The summed E-state index contributed by atoms with van der Waals surface area (Å²) in [4.78, 5) is 1.15. The van der Waals surface area contributed by atoms with Crippen molar-refractivity contribution in [2.45, 2.75) is 11.4 Å². The van der Waals surface area contributed by atoms with Crippen LogP contribution in [0.5, 0.6) is 11.5 Å². The molecule has 2 rings (SSSR count). The van der Waals surface area contributed by atoms with Gasteiger partial charge in [0.05, 0.1) is 0 Å². The molecule has 0 amide bonds. The Kier molecular flexibility index (Phi) is 3.99. The summed E-state index contributed by atoms with van der Waals surface area (Å²) < 4.78 is 0. The second-order valence-corrected chi connectivity index (χ2v) is 4.69. The quantitative estimate of drug-likeness (QED) is 0.583. The Balaban J connectivity index is 2.14. The number of hydrogen-bond acceptors (Lipinski definition) is 4. The molecule has 2 aromatic carbocycles. The fraction of sp³-hybridized carbons (Fsp3) is 0.143. The van der Waals surface area contributed by atoms with Gasteiger partial charge >= 0.3 is 0 Å². The van der Waals surface area contributed by atoms with E-state index in [-0.39, 0.29) is 11.5 Å². The summed E-state index contributed by atoms with van der Waals surface area (Å²) in [5.41, 5.74) is 1.69. The molecule has 0 bridgehead atoms. The highest BCUT2D eigenvalue weighted by Crippen LogP contribution is 2.30. The number of aromatic hydroxyl groups is 2. The third-order valence-corrected chi connectivity index (χ3v) is 3.47. The van der Waals surface area contributed by atoms with E-state index in [9.17, 15) is 10.2 Å². The first-order chi connectivity index (χ1) is 8.72. The third-order valence-electron chi connectivity index (χ3n) is 2.67. The molecule has 3 nitrogen and oxygen atoms in total. The fourth-order valence-electron chi connectivity index (χ4n) is 1.70. The Hall–Kier alpha value is -1.81. The van der Waals surface area contributed by atoms with E-state index in [0.717, 1.165) is 10.6 Å². The van der Waals surface area contributed by atoms with E-state index in [1.165, 1.54) is 6.07 Å². The monoisotopic (exact) mass is 261 g/mol. The van der Waals surface area contributed by atoms with Crippen LogP contribution in [0, 0.1) is 0 Å². The zero-order chi connectivity index (χ0) is 13.0.